The predicted molar refractivity (Wildman–Crippen MR) is 142 cm³/mol. The van der Waals surface area contributed by atoms with Crippen molar-refractivity contribution in [1.29, 1.82) is 0 Å². The molecule has 0 aliphatic heterocycles. The maximum absolute atomic E-state index is 10.5. The summed E-state index contributed by atoms with van der Waals surface area (Å²) in [4.78, 5) is 0. The second kappa shape index (κ2) is 19.0. The minimum absolute atomic E-state index is 0.0940. The van der Waals surface area contributed by atoms with Crippen LogP contribution >= 0.6 is 0 Å². The fourth-order valence-corrected chi connectivity index (χ4v) is 4.86. The van der Waals surface area contributed by atoms with Gasteiger partial charge < -0.3 is 14.9 Å². The lowest BCUT2D eigenvalue weighted by Gasteiger charge is -2.36. The van der Waals surface area contributed by atoms with Crippen molar-refractivity contribution >= 4 is 0 Å². The molecule has 1 aromatic rings. The summed E-state index contributed by atoms with van der Waals surface area (Å²) < 4.78 is 6.67. The maximum Gasteiger partial charge on any atom is 0.200 e. The van der Waals surface area contributed by atoms with Crippen LogP contribution in [0.3, 0.4) is 0 Å². The molecule has 1 aromatic carbocycles. The Morgan fingerprint density at radius 1 is 0.576 bits per heavy atom. The first-order valence-corrected chi connectivity index (χ1v) is 14.3. The van der Waals surface area contributed by atoms with Gasteiger partial charge in [0.25, 0.3) is 0 Å². The number of rotatable bonds is 22. The molecule has 0 aliphatic rings. The van der Waals surface area contributed by atoms with Gasteiger partial charge in [-0.3, -0.25) is 0 Å². The highest BCUT2D eigenvalue weighted by Gasteiger charge is 2.32. The lowest BCUT2D eigenvalue weighted by Crippen LogP contribution is -2.36. The van der Waals surface area contributed by atoms with Crippen LogP contribution in [-0.2, 0) is 0 Å². The Morgan fingerprint density at radius 2 is 0.970 bits per heavy atom. The maximum atomic E-state index is 10.5. The standard InChI is InChI=1S/C30H54O3/c1-4-7-10-13-16-19-25-30(24-18-15-12-9-6-3,26-20-17-14-11-8-5-2)33-28-23-21-22-27(31)29(28)32/h21-23,31-32H,4-20,24-26H2,1-3H3. The van der Waals surface area contributed by atoms with E-state index in [1.807, 2.05) is 6.07 Å². The third-order valence-corrected chi connectivity index (χ3v) is 7.01. The summed E-state index contributed by atoms with van der Waals surface area (Å²) in [7, 11) is 0. The molecule has 0 saturated heterocycles. The van der Waals surface area contributed by atoms with Crippen LogP contribution in [0.2, 0.25) is 0 Å². The van der Waals surface area contributed by atoms with Crippen molar-refractivity contribution < 1.29 is 14.9 Å². The number of aromatic hydroxyl groups is 2. The fourth-order valence-electron chi connectivity index (χ4n) is 4.86. The molecule has 0 aromatic heterocycles. The Balaban J connectivity index is 2.87. The zero-order chi connectivity index (χ0) is 24.2. The number of hydrogen-bond donors (Lipinski definition) is 2. The molecule has 3 heteroatoms. The molecular formula is C30H54O3. The average molecular weight is 463 g/mol. The van der Waals surface area contributed by atoms with Crippen molar-refractivity contribution in [3.8, 4) is 17.2 Å². The monoisotopic (exact) mass is 462 g/mol. The van der Waals surface area contributed by atoms with Gasteiger partial charge in [0.1, 0.15) is 5.60 Å². The van der Waals surface area contributed by atoms with Crippen LogP contribution < -0.4 is 4.74 Å². The van der Waals surface area contributed by atoms with E-state index in [2.05, 4.69) is 20.8 Å². The van der Waals surface area contributed by atoms with Crippen molar-refractivity contribution in [3.05, 3.63) is 18.2 Å². The van der Waals surface area contributed by atoms with E-state index in [9.17, 15) is 10.2 Å². The summed E-state index contributed by atoms with van der Waals surface area (Å²) in [6.07, 6.45) is 24.7. The summed E-state index contributed by atoms with van der Waals surface area (Å²) in [5.74, 6) is 0.239. The molecule has 192 valence electrons. The molecule has 0 spiro atoms. The second-order valence-corrected chi connectivity index (χ2v) is 10.1. The number of unbranched alkanes of at least 4 members (excludes halogenated alkanes) is 14. The third kappa shape index (κ3) is 13.2. The van der Waals surface area contributed by atoms with E-state index in [-0.39, 0.29) is 17.1 Å². The molecule has 0 atom stereocenters. The van der Waals surface area contributed by atoms with E-state index in [0.29, 0.717) is 5.75 Å². The molecular weight excluding hydrogens is 408 g/mol. The molecule has 0 radical (unpaired) electrons. The molecule has 2 N–H and O–H groups in total. The van der Waals surface area contributed by atoms with Crippen molar-refractivity contribution in [1.82, 2.24) is 0 Å². The van der Waals surface area contributed by atoms with Crippen molar-refractivity contribution in [3.63, 3.8) is 0 Å². The lowest BCUT2D eigenvalue weighted by molar-refractivity contribution is 0.0305. The zero-order valence-electron chi connectivity index (χ0n) is 22.2. The van der Waals surface area contributed by atoms with E-state index < -0.39 is 0 Å². The highest BCUT2D eigenvalue weighted by molar-refractivity contribution is 5.49. The Kier molecular flexibility index (Phi) is 17.1. The van der Waals surface area contributed by atoms with Gasteiger partial charge in [0.15, 0.2) is 11.5 Å². The largest absolute Gasteiger partial charge is 0.504 e. The van der Waals surface area contributed by atoms with Gasteiger partial charge in [-0.15, -0.1) is 0 Å². The Labute approximate surface area is 205 Å². The van der Waals surface area contributed by atoms with Crippen LogP contribution in [-0.4, -0.2) is 15.8 Å². The molecule has 0 aliphatic carbocycles. The minimum atomic E-state index is -0.243. The number of ether oxygens (including phenoxy) is 1. The van der Waals surface area contributed by atoms with Crippen molar-refractivity contribution in [2.24, 2.45) is 0 Å². The van der Waals surface area contributed by atoms with Gasteiger partial charge in [0.05, 0.1) is 0 Å². The highest BCUT2D eigenvalue weighted by atomic mass is 16.5. The molecule has 0 fully saturated rings. The summed E-state index contributed by atoms with van der Waals surface area (Å²) in [5.41, 5.74) is -0.243. The molecule has 0 unspecified atom stereocenters. The molecule has 33 heavy (non-hydrogen) atoms. The minimum Gasteiger partial charge on any atom is -0.504 e. The lowest BCUT2D eigenvalue weighted by atomic mass is 9.84. The first-order valence-electron chi connectivity index (χ1n) is 14.3. The molecule has 0 saturated carbocycles. The molecule has 0 amide bonds. The van der Waals surface area contributed by atoms with Crippen LogP contribution in [0.4, 0.5) is 0 Å². The van der Waals surface area contributed by atoms with Gasteiger partial charge in [-0.25, -0.2) is 0 Å². The van der Waals surface area contributed by atoms with Crippen LogP contribution in [0.5, 0.6) is 17.2 Å². The smallest absolute Gasteiger partial charge is 0.200 e. The predicted octanol–water partition coefficient (Wildman–Crippen LogP) is 10.1. The van der Waals surface area contributed by atoms with E-state index in [0.717, 1.165) is 19.3 Å². The van der Waals surface area contributed by atoms with Gasteiger partial charge in [0, 0.05) is 0 Å². The average Bonchev–Trinajstić information content (AvgIpc) is 2.81. The van der Waals surface area contributed by atoms with E-state index in [1.54, 1.807) is 6.07 Å². The van der Waals surface area contributed by atoms with Crippen LogP contribution in [0.25, 0.3) is 0 Å². The first kappa shape index (κ1) is 29.7. The number of para-hydroxylation sites is 1. The number of phenols is 2. The quantitative estimate of drug-likeness (QED) is 0.133. The van der Waals surface area contributed by atoms with Gasteiger partial charge in [-0.2, -0.15) is 0 Å². The highest BCUT2D eigenvalue weighted by Crippen LogP contribution is 2.41. The molecule has 3 nitrogen and oxygen atoms in total. The fraction of sp³-hybridized carbons (Fsp3) is 0.800. The SMILES string of the molecule is CCCCCCCCC(CCCCCCC)(CCCCCCCC)Oc1cccc(O)c1O. The molecule has 0 heterocycles. The summed E-state index contributed by atoms with van der Waals surface area (Å²) in [6, 6.07) is 5.10. The summed E-state index contributed by atoms with van der Waals surface area (Å²) >= 11 is 0. The topological polar surface area (TPSA) is 49.7 Å². The van der Waals surface area contributed by atoms with Gasteiger partial charge >= 0.3 is 0 Å². The Hall–Kier alpha value is -1.38. The van der Waals surface area contributed by atoms with Crippen LogP contribution in [0.15, 0.2) is 18.2 Å². The van der Waals surface area contributed by atoms with Gasteiger partial charge in [-0.1, -0.05) is 117 Å². The van der Waals surface area contributed by atoms with Crippen molar-refractivity contribution in [2.75, 3.05) is 0 Å². The number of hydrogen-bond acceptors (Lipinski definition) is 3. The van der Waals surface area contributed by atoms with Crippen molar-refractivity contribution in [2.45, 2.75) is 155 Å². The number of phenolic OH excluding ortho intramolecular Hbond substituents is 2. The summed E-state index contributed by atoms with van der Waals surface area (Å²) in [6.45, 7) is 6.79. The second-order valence-electron chi connectivity index (χ2n) is 10.1. The third-order valence-electron chi connectivity index (χ3n) is 7.01. The Morgan fingerprint density at radius 3 is 1.39 bits per heavy atom. The van der Waals surface area contributed by atoms with E-state index in [4.69, 9.17) is 4.74 Å². The normalized spacial score (nSPS) is 11.7. The Bertz CT molecular complexity index is 568. The molecule has 1 rings (SSSR count). The first-order chi connectivity index (χ1) is 16.1. The van der Waals surface area contributed by atoms with E-state index in [1.165, 1.54) is 115 Å². The van der Waals surface area contributed by atoms with E-state index >= 15 is 0 Å². The van der Waals surface area contributed by atoms with Crippen LogP contribution in [0.1, 0.15) is 149 Å². The number of benzene rings is 1. The summed E-state index contributed by atoms with van der Waals surface area (Å²) in [5, 5.41) is 20.5. The van der Waals surface area contributed by atoms with Gasteiger partial charge in [0.2, 0.25) is 5.75 Å². The van der Waals surface area contributed by atoms with Gasteiger partial charge in [-0.05, 0) is 50.7 Å². The molecule has 0 bridgehead atoms. The van der Waals surface area contributed by atoms with Crippen LogP contribution in [0, 0.1) is 0 Å². The zero-order valence-corrected chi connectivity index (χ0v) is 22.2.